The number of piperidine rings is 1. The number of carbonyl (C=O) groups is 1. The van der Waals surface area contributed by atoms with Gasteiger partial charge in [0.25, 0.3) is 0 Å². The number of aromatic nitrogens is 3. The van der Waals surface area contributed by atoms with Crippen LogP contribution in [0.25, 0.3) is 0 Å². The Hall–Kier alpha value is -2.41. The Morgan fingerprint density at radius 1 is 1.23 bits per heavy atom. The van der Waals surface area contributed by atoms with E-state index in [2.05, 4.69) is 6.92 Å². The first-order chi connectivity index (χ1) is 14.6. The monoisotopic (exact) mass is 412 g/mol. The molecule has 1 saturated carbocycles. The highest BCUT2D eigenvalue weighted by Gasteiger charge is 2.36. The highest BCUT2D eigenvalue weighted by molar-refractivity contribution is 5.83. The lowest BCUT2D eigenvalue weighted by molar-refractivity contribution is -0.134. The standard InChI is InChI=1S/C23H32N4O3/c1-3-20(17-8-5-4-6-9-17)22(28)25-13-7-10-18(16-25)21-24-26(14-15-30-2)23(29)27(21)19-11-12-19/h4-6,8-9,18-20H,3,7,10-16H2,1-2H3. The lowest BCUT2D eigenvalue weighted by Crippen LogP contribution is -2.42. The predicted octanol–water partition coefficient (Wildman–Crippen LogP) is 2.93. The molecule has 0 spiro atoms. The molecule has 0 N–H and O–H groups in total. The van der Waals surface area contributed by atoms with Gasteiger partial charge in [0.05, 0.1) is 19.1 Å². The van der Waals surface area contributed by atoms with Gasteiger partial charge in [0, 0.05) is 32.2 Å². The van der Waals surface area contributed by atoms with Gasteiger partial charge >= 0.3 is 5.69 Å². The SMILES string of the molecule is CCC(C(=O)N1CCCC(c2nn(CCOC)c(=O)n2C2CC2)C1)c1ccccc1. The van der Waals surface area contributed by atoms with Crippen LogP contribution in [0.5, 0.6) is 0 Å². The highest BCUT2D eigenvalue weighted by Crippen LogP contribution is 2.37. The molecule has 1 aromatic carbocycles. The second-order valence-corrected chi connectivity index (χ2v) is 8.45. The van der Waals surface area contributed by atoms with Gasteiger partial charge in [-0.1, -0.05) is 37.3 Å². The third kappa shape index (κ3) is 4.21. The molecule has 0 radical (unpaired) electrons. The number of methoxy groups -OCH3 is 1. The molecule has 1 aliphatic heterocycles. The zero-order valence-corrected chi connectivity index (χ0v) is 18.0. The summed E-state index contributed by atoms with van der Waals surface area (Å²) >= 11 is 0. The van der Waals surface area contributed by atoms with Crippen molar-refractivity contribution in [1.29, 1.82) is 0 Å². The minimum Gasteiger partial charge on any atom is -0.383 e. The van der Waals surface area contributed by atoms with Crippen LogP contribution >= 0.6 is 0 Å². The van der Waals surface area contributed by atoms with E-state index in [-0.39, 0.29) is 29.5 Å². The average Bonchev–Trinajstić information content (AvgIpc) is 3.56. The fourth-order valence-electron chi connectivity index (χ4n) is 4.56. The van der Waals surface area contributed by atoms with Crippen molar-refractivity contribution >= 4 is 5.91 Å². The number of benzene rings is 1. The average molecular weight is 413 g/mol. The van der Waals surface area contributed by atoms with Gasteiger partial charge in [0.15, 0.2) is 0 Å². The van der Waals surface area contributed by atoms with Crippen LogP contribution in [0.15, 0.2) is 35.1 Å². The van der Waals surface area contributed by atoms with Crippen LogP contribution < -0.4 is 5.69 Å². The Morgan fingerprint density at radius 2 is 2.00 bits per heavy atom. The Labute approximate surface area is 177 Å². The summed E-state index contributed by atoms with van der Waals surface area (Å²) in [4.78, 5) is 28.3. The van der Waals surface area contributed by atoms with E-state index in [0.717, 1.165) is 50.0 Å². The van der Waals surface area contributed by atoms with Crippen molar-refractivity contribution in [3.63, 3.8) is 0 Å². The first-order valence-electron chi connectivity index (χ1n) is 11.2. The third-order valence-electron chi connectivity index (χ3n) is 6.32. The molecule has 4 rings (SSSR count). The van der Waals surface area contributed by atoms with E-state index in [1.807, 2.05) is 39.8 Å². The second-order valence-electron chi connectivity index (χ2n) is 8.45. The van der Waals surface area contributed by atoms with Crippen molar-refractivity contribution in [3.8, 4) is 0 Å². The molecule has 7 heteroatoms. The van der Waals surface area contributed by atoms with E-state index in [4.69, 9.17) is 9.84 Å². The summed E-state index contributed by atoms with van der Waals surface area (Å²) < 4.78 is 8.57. The number of carbonyl (C=O) groups excluding carboxylic acids is 1. The molecule has 162 valence electrons. The molecule has 2 aromatic rings. The summed E-state index contributed by atoms with van der Waals surface area (Å²) in [6.07, 6.45) is 4.74. The first kappa shape index (κ1) is 20.8. The molecule has 1 aliphatic carbocycles. The summed E-state index contributed by atoms with van der Waals surface area (Å²) in [5.74, 6) is 1.03. The van der Waals surface area contributed by atoms with Crippen LogP contribution in [0.1, 0.15) is 68.3 Å². The summed E-state index contributed by atoms with van der Waals surface area (Å²) in [7, 11) is 1.63. The molecule has 1 amide bonds. The minimum absolute atomic E-state index is 0.0382. The smallest absolute Gasteiger partial charge is 0.346 e. The quantitative estimate of drug-likeness (QED) is 0.669. The van der Waals surface area contributed by atoms with Crippen molar-refractivity contribution in [2.24, 2.45) is 0 Å². The van der Waals surface area contributed by atoms with Crippen molar-refractivity contribution in [1.82, 2.24) is 19.2 Å². The Morgan fingerprint density at radius 3 is 2.67 bits per heavy atom. The maximum absolute atomic E-state index is 13.4. The van der Waals surface area contributed by atoms with Gasteiger partial charge < -0.3 is 9.64 Å². The van der Waals surface area contributed by atoms with Crippen LogP contribution in [0.4, 0.5) is 0 Å². The fraction of sp³-hybridized carbons (Fsp3) is 0.609. The van der Waals surface area contributed by atoms with Gasteiger partial charge in [0.1, 0.15) is 5.82 Å². The van der Waals surface area contributed by atoms with Crippen molar-refractivity contribution in [2.45, 2.75) is 63.5 Å². The largest absolute Gasteiger partial charge is 0.383 e. The Bertz CT molecular complexity index is 916. The van der Waals surface area contributed by atoms with E-state index in [0.29, 0.717) is 19.7 Å². The molecule has 2 atom stereocenters. The second kappa shape index (κ2) is 9.16. The topological polar surface area (TPSA) is 69.4 Å². The van der Waals surface area contributed by atoms with Crippen molar-refractivity contribution < 1.29 is 9.53 Å². The lowest BCUT2D eigenvalue weighted by atomic mass is 9.91. The van der Waals surface area contributed by atoms with Crippen LogP contribution in [0, 0.1) is 0 Å². The maximum Gasteiger partial charge on any atom is 0.346 e. The van der Waals surface area contributed by atoms with E-state index in [1.54, 1.807) is 7.11 Å². The first-order valence-corrected chi connectivity index (χ1v) is 11.2. The number of nitrogens with zero attached hydrogens (tertiary/aromatic N) is 4. The molecule has 2 aliphatic rings. The van der Waals surface area contributed by atoms with Gasteiger partial charge in [-0.05, 0) is 37.7 Å². The lowest BCUT2D eigenvalue weighted by Gasteiger charge is -2.34. The Balaban J connectivity index is 1.55. The number of amides is 1. The molecule has 0 bridgehead atoms. The summed E-state index contributed by atoms with van der Waals surface area (Å²) in [6.45, 7) is 4.40. The molecule has 1 saturated heterocycles. The third-order valence-corrected chi connectivity index (χ3v) is 6.32. The predicted molar refractivity (Wildman–Crippen MR) is 115 cm³/mol. The molecular formula is C23H32N4O3. The number of likely N-dealkylation sites (tertiary alicyclic amines) is 1. The van der Waals surface area contributed by atoms with Crippen LogP contribution in [0.2, 0.25) is 0 Å². The van der Waals surface area contributed by atoms with Crippen LogP contribution in [-0.2, 0) is 16.1 Å². The summed E-state index contributed by atoms with van der Waals surface area (Å²) in [5, 5.41) is 4.70. The normalized spacial score (nSPS) is 20.3. The Kier molecular flexibility index (Phi) is 6.37. The molecule has 2 heterocycles. The van der Waals surface area contributed by atoms with Crippen molar-refractivity contribution in [2.75, 3.05) is 26.8 Å². The molecule has 30 heavy (non-hydrogen) atoms. The minimum atomic E-state index is -0.116. The maximum atomic E-state index is 13.4. The van der Waals surface area contributed by atoms with Crippen LogP contribution in [0.3, 0.4) is 0 Å². The number of ether oxygens (including phenoxy) is 1. The molecule has 1 aromatic heterocycles. The highest BCUT2D eigenvalue weighted by atomic mass is 16.5. The van der Waals surface area contributed by atoms with Gasteiger partial charge in [-0.15, -0.1) is 0 Å². The number of hydrogen-bond donors (Lipinski definition) is 0. The van der Waals surface area contributed by atoms with E-state index in [1.165, 1.54) is 4.68 Å². The zero-order chi connectivity index (χ0) is 21.1. The van der Waals surface area contributed by atoms with Gasteiger partial charge in [-0.2, -0.15) is 5.10 Å². The van der Waals surface area contributed by atoms with Gasteiger partial charge in [0.2, 0.25) is 5.91 Å². The summed E-state index contributed by atoms with van der Waals surface area (Å²) in [6, 6.07) is 10.3. The van der Waals surface area contributed by atoms with Crippen LogP contribution in [-0.4, -0.2) is 52.0 Å². The van der Waals surface area contributed by atoms with E-state index >= 15 is 0 Å². The molecule has 2 fully saturated rings. The van der Waals surface area contributed by atoms with E-state index < -0.39 is 0 Å². The zero-order valence-electron chi connectivity index (χ0n) is 18.0. The molecular weight excluding hydrogens is 380 g/mol. The van der Waals surface area contributed by atoms with Gasteiger partial charge in [-0.3, -0.25) is 9.36 Å². The van der Waals surface area contributed by atoms with Crippen molar-refractivity contribution in [3.05, 3.63) is 52.2 Å². The molecule has 7 nitrogen and oxygen atoms in total. The molecule has 2 unspecified atom stereocenters. The van der Waals surface area contributed by atoms with Gasteiger partial charge in [-0.25, -0.2) is 9.48 Å². The number of hydrogen-bond acceptors (Lipinski definition) is 4. The summed E-state index contributed by atoms with van der Waals surface area (Å²) in [5.41, 5.74) is 1.04. The van der Waals surface area contributed by atoms with E-state index in [9.17, 15) is 9.59 Å². The number of rotatable bonds is 8. The fourth-order valence-corrected chi connectivity index (χ4v) is 4.56.